The third-order valence-corrected chi connectivity index (χ3v) is 5.47. The molecule has 11 heteroatoms. The summed E-state index contributed by atoms with van der Waals surface area (Å²) < 4.78 is 38.1. The number of carbonyl (C=O) groups excluding carboxylic acids is 1. The molecule has 0 unspecified atom stereocenters. The molecule has 1 amide bonds. The van der Waals surface area contributed by atoms with Crippen LogP contribution in [0.15, 0.2) is 24.9 Å². The molecule has 0 radical (unpaired) electrons. The van der Waals surface area contributed by atoms with Crippen LogP contribution in [0.1, 0.15) is 42.4 Å². The molecule has 2 heterocycles. The van der Waals surface area contributed by atoms with Crippen molar-refractivity contribution in [1.82, 2.24) is 14.9 Å². The maximum atomic E-state index is 12.7. The molecule has 0 aliphatic carbocycles. The lowest BCUT2D eigenvalue weighted by Crippen LogP contribution is -2.36. The number of benzene rings is 1. The Labute approximate surface area is 193 Å². The van der Waals surface area contributed by atoms with Gasteiger partial charge in [-0.2, -0.15) is 13.2 Å². The second kappa shape index (κ2) is 10.9. The molecule has 0 bridgehead atoms. The summed E-state index contributed by atoms with van der Waals surface area (Å²) in [7, 11) is 0. The molecule has 1 aliphatic heterocycles. The predicted molar refractivity (Wildman–Crippen MR) is 115 cm³/mol. The number of amides is 1. The van der Waals surface area contributed by atoms with E-state index in [1.807, 2.05) is 6.92 Å². The fourth-order valence-corrected chi connectivity index (χ4v) is 3.71. The average molecular weight is 492 g/mol. The monoisotopic (exact) mass is 491 g/mol. The van der Waals surface area contributed by atoms with Gasteiger partial charge in [0.15, 0.2) is 11.5 Å². The van der Waals surface area contributed by atoms with Crippen molar-refractivity contribution < 1.29 is 28.2 Å². The molecule has 32 heavy (non-hydrogen) atoms. The summed E-state index contributed by atoms with van der Waals surface area (Å²) in [6, 6.07) is 0.794. The van der Waals surface area contributed by atoms with Crippen molar-refractivity contribution in [2.24, 2.45) is 0 Å². The van der Waals surface area contributed by atoms with Gasteiger partial charge in [0, 0.05) is 32.1 Å². The highest BCUT2D eigenvalue weighted by Crippen LogP contribution is 2.46. The normalized spacial score (nSPS) is 13.1. The maximum absolute atomic E-state index is 12.7. The minimum atomic E-state index is -4.55. The number of halogens is 5. The van der Waals surface area contributed by atoms with E-state index in [2.05, 4.69) is 16.5 Å². The number of alkyl halides is 3. The lowest BCUT2D eigenvalue weighted by molar-refractivity contribution is -0.141. The highest BCUT2D eigenvalue weighted by Gasteiger charge is 2.33. The van der Waals surface area contributed by atoms with Gasteiger partial charge in [-0.1, -0.05) is 29.3 Å². The van der Waals surface area contributed by atoms with Crippen LogP contribution in [-0.4, -0.2) is 37.5 Å². The van der Waals surface area contributed by atoms with E-state index < -0.39 is 23.4 Å². The number of fused-ring (bicyclic) bond motifs is 1. The Balaban J connectivity index is 0.00000114. The first-order valence-electron chi connectivity index (χ1n) is 9.65. The van der Waals surface area contributed by atoms with Crippen molar-refractivity contribution in [3.05, 3.63) is 57.6 Å². The van der Waals surface area contributed by atoms with Crippen LogP contribution in [0, 0.1) is 0 Å². The van der Waals surface area contributed by atoms with E-state index in [9.17, 15) is 28.2 Å². The van der Waals surface area contributed by atoms with Crippen LogP contribution in [0.25, 0.3) is 0 Å². The highest BCUT2D eigenvalue weighted by molar-refractivity contribution is 6.36. The van der Waals surface area contributed by atoms with E-state index in [1.54, 1.807) is 6.08 Å². The smallest absolute Gasteiger partial charge is 0.433 e. The standard InChI is InChI=1S/C18H16Cl2F3N3O3.C3H6/c19-14-9-5-7-26(8-10(9)15(20)17(29)16(14)28)13(27)3-1-2-12-24-6-4-11(25-12)18(21,22)23;1-3-2/h4,6,28-29H,1-3,5,7-8H2;3H,1H2,2H3. The second-order valence-corrected chi connectivity index (χ2v) is 7.72. The molecule has 2 N–H and O–H groups in total. The number of phenols is 2. The number of aryl methyl sites for hydroxylation is 1. The van der Waals surface area contributed by atoms with E-state index in [4.69, 9.17) is 23.2 Å². The number of hydrogen-bond donors (Lipinski definition) is 2. The molecule has 174 valence electrons. The number of phenolic OH excluding ortho intramolecular Hbond substituents is 2. The molecule has 1 aromatic carbocycles. The second-order valence-electron chi connectivity index (χ2n) is 6.97. The SMILES string of the molecule is C=CC.O=C(CCCc1nccc(C(F)(F)F)n1)N1CCc2c(Cl)c(O)c(O)c(Cl)c2C1. The molecule has 2 aromatic rings. The number of carbonyl (C=O) groups is 1. The maximum Gasteiger partial charge on any atom is 0.433 e. The van der Waals surface area contributed by atoms with Gasteiger partial charge in [0.05, 0.1) is 10.0 Å². The van der Waals surface area contributed by atoms with E-state index in [1.165, 1.54) is 4.90 Å². The van der Waals surface area contributed by atoms with E-state index >= 15 is 0 Å². The molecule has 0 atom stereocenters. The summed E-state index contributed by atoms with van der Waals surface area (Å²) in [5, 5.41) is 19.6. The van der Waals surface area contributed by atoms with E-state index in [0.717, 1.165) is 12.3 Å². The molecule has 3 rings (SSSR count). The molecular formula is C21H22Cl2F3N3O3. The summed E-state index contributed by atoms with van der Waals surface area (Å²) in [6.07, 6.45) is -0.911. The number of rotatable bonds is 4. The first-order chi connectivity index (χ1) is 15.0. The van der Waals surface area contributed by atoms with Gasteiger partial charge >= 0.3 is 6.18 Å². The highest BCUT2D eigenvalue weighted by atomic mass is 35.5. The molecule has 1 aliphatic rings. The summed E-state index contributed by atoms with van der Waals surface area (Å²) in [4.78, 5) is 21.3. The van der Waals surface area contributed by atoms with Gasteiger partial charge in [-0.3, -0.25) is 4.79 Å². The Morgan fingerprint density at radius 3 is 2.44 bits per heavy atom. The Morgan fingerprint density at radius 2 is 1.84 bits per heavy atom. The van der Waals surface area contributed by atoms with E-state index in [-0.39, 0.29) is 47.6 Å². The lowest BCUT2D eigenvalue weighted by Gasteiger charge is -2.30. The minimum absolute atomic E-state index is 0.00990. The van der Waals surface area contributed by atoms with E-state index in [0.29, 0.717) is 24.1 Å². The Bertz CT molecular complexity index is 1000. The average Bonchev–Trinajstić information content (AvgIpc) is 2.76. The Morgan fingerprint density at radius 1 is 1.25 bits per heavy atom. The van der Waals surface area contributed by atoms with Gasteiger partial charge in [0.25, 0.3) is 0 Å². The Kier molecular flexibility index (Phi) is 8.74. The molecular weight excluding hydrogens is 470 g/mol. The number of hydrogen-bond acceptors (Lipinski definition) is 5. The zero-order chi connectivity index (χ0) is 24.1. The minimum Gasteiger partial charge on any atom is -0.503 e. The first kappa shape index (κ1) is 25.7. The zero-order valence-corrected chi connectivity index (χ0v) is 18.7. The fraction of sp³-hybridized carbons (Fsp3) is 0.381. The lowest BCUT2D eigenvalue weighted by atomic mass is 9.98. The van der Waals surface area contributed by atoms with Crippen LogP contribution in [0.3, 0.4) is 0 Å². The quantitative estimate of drug-likeness (QED) is 0.446. The van der Waals surface area contributed by atoms with Crippen LogP contribution in [-0.2, 0) is 30.4 Å². The summed E-state index contributed by atoms with van der Waals surface area (Å²) >= 11 is 12.1. The Hall–Kier alpha value is -2.52. The van der Waals surface area contributed by atoms with Crippen molar-refractivity contribution in [3.63, 3.8) is 0 Å². The van der Waals surface area contributed by atoms with Crippen molar-refractivity contribution in [2.45, 2.75) is 45.3 Å². The topological polar surface area (TPSA) is 86.6 Å². The van der Waals surface area contributed by atoms with Crippen molar-refractivity contribution in [3.8, 4) is 11.5 Å². The molecule has 6 nitrogen and oxygen atoms in total. The van der Waals surface area contributed by atoms with Crippen molar-refractivity contribution >= 4 is 29.1 Å². The van der Waals surface area contributed by atoms with Gasteiger partial charge < -0.3 is 15.1 Å². The molecule has 1 aromatic heterocycles. The number of aromatic nitrogens is 2. The summed E-state index contributed by atoms with van der Waals surface area (Å²) in [5.41, 5.74) is 0.0252. The van der Waals surface area contributed by atoms with Crippen LogP contribution in [0.2, 0.25) is 10.0 Å². The van der Waals surface area contributed by atoms with Gasteiger partial charge in [0.1, 0.15) is 11.5 Å². The van der Waals surface area contributed by atoms with Gasteiger partial charge in [-0.05, 0) is 37.0 Å². The van der Waals surface area contributed by atoms with Gasteiger partial charge in [-0.15, -0.1) is 6.58 Å². The van der Waals surface area contributed by atoms with Crippen LogP contribution < -0.4 is 0 Å². The van der Waals surface area contributed by atoms with Gasteiger partial charge in [0.2, 0.25) is 5.91 Å². The van der Waals surface area contributed by atoms with Crippen LogP contribution >= 0.6 is 23.2 Å². The molecule has 0 fully saturated rings. The molecule has 0 saturated carbocycles. The zero-order valence-electron chi connectivity index (χ0n) is 17.2. The molecule has 0 saturated heterocycles. The number of allylic oxidation sites excluding steroid dienone is 1. The first-order valence-corrected chi connectivity index (χ1v) is 10.4. The van der Waals surface area contributed by atoms with Crippen molar-refractivity contribution in [2.75, 3.05) is 6.54 Å². The number of nitrogens with zero attached hydrogens (tertiary/aromatic N) is 3. The summed E-state index contributed by atoms with van der Waals surface area (Å²) in [5.74, 6) is -1.23. The third-order valence-electron chi connectivity index (χ3n) is 4.65. The van der Waals surface area contributed by atoms with Crippen LogP contribution in [0.4, 0.5) is 13.2 Å². The summed E-state index contributed by atoms with van der Waals surface area (Å²) in [6.45, 7) is 5.70. The molecule has 0 spiro atoms. The number of aromatic hydroxyl groups is 2. The van der Waals surface area contributed by atoms with Gasteiger partial charge in [-0.25, -0.2) is 9.97 Å². The predicted octanol–water partition coefficient (Wildman–Crippen LogP) is 5.31. The third kappa shape index (κ3) is 6.04. The fourth-order valence-electron chi connectivity index (χ4n) is 3.15. The van der Waals surface area contributed by atoms with Crippen LogP contribution in [0.5, 0.6) is 11.5 Å². The van der Waals surface area contributed by atoms with Crippen molar-refractivity contribution in [1.29, 1.82) is 0 Å². The largest absolute Gasteiger partial charge is 0.503 e.